The molecule has 8 bridgehead atoms. The van der Waals surface area contributed by atoms with Gasteiger partial charge >= 0.3 is 5.97 Å². The predicted octanol–water partition coefficient (Wildman–Crippen LogP) is 13.6. The summed E-state index contributed by atoms with van der Waals surface area (Å²) in [7, 11) is 0. The topological polar surface area (TPSA) is 118 Å². The van der Waals surface area contributed by atoms with E-state index in [0.717, 1.165) is 110 Å². The Labute approximate surface area is 356 Å². The van der Waals surface area contributed by atoms with Gasteiger partial charge in [-0.25, -0.2) is 14.8 Å². The Morgan fingerprint density at radius 2 is 1.02 bits per heavy atom. The van der Waals surface area contributed by atoms with Crippen molar-refractivity contribution in [3.63, 3.8) is 0 Å². The first-order valence-electron chi connectivity index (χ1n) is 19.7. The van der Waals surface area contributed by atoms with Gasteiger partial charge in [0.25, 0.3) is 0 Å². The van der Waals surface area contributed by atoms with Crippen LogP contribution in [0.2, 0.25) is 0 Å². The van der Waals surface area contributed by atoms with Crippen molar-refractivity contribution in [2.75, 3.05) is 0 Å². The van der Waals surface area contributed by atoms with E-state index in [4.69, 9.17) is 9.97 Å². The molecule has 7 aromatic rings. The molecule has 2 aliphatic heterocycles. The number of nitrogens with one attached hydrogen (secondary N) is 2. The number of benzene rings is 2. The average Bonchev–Trinajstić information content (AvgIpc) is 4.05. The second-order valence-electron chi connectivity index (χ2n) is 15.7. The maximum Gasteiger partial charge on any atom is 0.346 e. The van der Waals surface area contributed by atoms with Crippen molar-refractivity contribution in [3.05, 3.63) is 144 Å². The Kier molecular flexibility index (Phi) is 9.70. The third-order valence-corrected chi connectivity index (χ3v) is 13.2. The molecule has 2 aliphatic rings. The molecule has 3 N–H and O–H groups in total. The molecular weight excluding hydrogens is 779 g/mol. The highest BCUT2D eigenvalue weighted by atomic mass is 32.1. The van der Waals surface area contributed by atoms with Crippen molar-refractivity contribution < 1.29 is 9.90 Å². The van der Waals surface area contributed by atoms with Crippen molar-refractivity contribution in [2.45, 2.75) is 48.5 Å². The summed E-state index contributed by atoms with van der Waals surface area (Å²) < 4.78 is 0. The number of carboxylic acids is 1. The molecule has 7 nitrogen and oxygen atoms in total. The normalized spacial score (nSPS) is 12.3. The molecule has 0 spiro atoms. The van der Waals surface area contributed by atoms with Gasteiger partial charge in [-0.2, -0.15) is 5.26 Å². The number of rotatable bonds is 6. The number of aryl methyl sites for hydroxylation is 7. The van der Waals surface area contributed by atoms with E-state index in [-0.39, 0.29) is 5.57 Å². The lowest BCUT2D eigenvalue weighted by Crippen LogP contribution is -1.96. The van der Waals surface area contributed by atoms with E-state index in [9.17, 15) is 15.2 Å². The van der Waals surface area contributed by atoms with Crippen molar-refractivity contribution >= 4 is 81.1 Å². The Morgan fingerprint density at radius 1 is 0.583 bits per heavy atom. The zero-order valence-electron chi connectivity index (χ0n) is 34.3. The Bertz CT molecular complexity index is 3180. The summed E-state index contributed by atoms with van der Waals surface area (Å²) in [5, 5.41) is 21.4. The fourth-order valence-electron chi connectivity index (χ4n) is 8.81. The summed E-state index contributed by atoms with van der Waals surface area (Å²) in [4.78, 5) is 33.1. The fourth-order valence-corrected chi connectivity index (χ4v) is 10.8. The van der Waals surface area contributed by atoms with E-state index in [1.54, 1.807) is 11.3 Å². The molecule has 2 aromatic carbocycles. The van der Waals surface area contributed by atoms with Gasteiger partial charge in [-0.15, -0.1) is 22.7 Å². The summed E-state index contributed by atoms with van der Waals surface area (Å²) in [5.41, 5.74) is 21.0. The third kappa shape index (κ3) is 6.84. The van der Waals surface area contributed by atoms with E-state index in [1.807, 2.05) is 18.2 Å². The van der Waals surface area contributed by atoms with Crippen LogP contribution < -0.4 is 0 Å². The highest BCUT2D eigenvalue weighted by molar-refractivity contribution is 7.16. The van der Waals surface area contributed by atoms with Crippen LogP contribution in [0.1, 0.15) is 66.6 Å². The van der Waals surface area contributed by atoms with Gasteiger partial charge < -0.3 is 15.1 Å². The molecule has 7 heterocycles. The number of hydrogen-bond donors (Lipinski definition) is 3. The van der Waals surface area contributed by atoms with E-state index in [1.165, 1.54) is 34.1 Å². The number of hydrogen-bond acceptors (Lipinski definition) is 6. The molecule has 5 aromatic heterocycles. The summed E-state index contributed by atoms with van der Waals surface area (Å²) in [6.07, 6.45) is 9.84. The number of thiophene rings is 2. The van der Waals surface area contributed by atoms with Crippen LogP contribution in [-0.4, -0.2) is 31.0 Å². The van der Waals surface area contributed by atoms with Crippen molar-refractivity contribution in [1.29, 1.82) is 5.26 Å². The van der Waals surface area contributed by atoms with E-state index in [2.05, 4.69) is 143 Å². The summed E-state index contributed by atoms with van der Waals surface area (Å²) >= 11 is 3.14. The standard InChI is InChI=1S/C51H41N5O2S2/c1-26-18-29(4)45(30(5)19-26)49-39-13-9-35(53-39)47(43-17-8-34(60-43)23-33(24-52)51(57)58)36-10-14-40(54-36)50(46-31(6)20-27(2)21-32(46)7)42-16-12-38(56-42)48(37-11-15-41(49)55-37)44-22-28(3)25-59-44/h8-23,25,53,56H,1-7H3,(H,57,58)/b33-23-,47-35?,47-36?,48-37?,48-38?,49-39?,49-41?,50-40?,50-42?. The molecule has 9 heteroatoms. The zero-order chi connectivity index (χ0) is 42.0. The highest BCUT2D eigenvalue weighted by Crippen LogP contribution is 2.43. The predicted molar refractivity (Wildman–Crippen MR) is 251 cm³/mol. The average molecular weight is 820 g/mol. The van der Waals surface area contributed by atoms with Crippen LogP contribution >= 0.6 is 22.7 Å². The minimum absolute atomic E-state index is 0.324. The SMILES string of the molecule is Cc1csc(-c2c3nc(c(-c4c(C)cc(C)cc4C)c4ccc([nH]4)c(-c4ccc(/C=C(/C#N)C(=O)O)s4)c4nc(c(-c5c(C)cc(C)cc5C)c5ccc2[nH]5)C=C4)C=C3)c1. The molecule has 0 radical (unpaired) electrons. The minimum atomic E-state index is -1.26. The van der Waals surface area contributed by atoms with E-state index < -0.39 is 5.97 Å². The minimum Gasteiger partial charge on any atom is -0.477 e. The Hall–Kier alpha value is -6.86. The number of nitrogens with zero attached hydrogens (tertiary/aromatic N) is 3. The number of nitriles is 1. The molecule has 0 fully saturated rings. The molecule has 0 saturated carbocycles. The quantitative estimate of drug-likeness (QED) is 0.114. The zero-order valence-corrected chi connectivity index (χ0v) is 36.0. The lowest BCUT2D eigenvalue weighted by atomic mass is 9.92. The van der Waals surface area contributed by atoms with Crippen molar-refractivity contribution in [3.8, 4) is 49.2 Å². The smallest absolute Gasteiger partial charge is 0.346 e. The number of carboxylic acid groups (broad SMARTS) is 1. The summed E-state index contributed by atoms with van der Waals surface area (Å²) in [5.74, 6) is -1.26. The van der Waals surface area contributed by atoms with Crippen molar-refractivity contribution in [1.82, 2.24) is 19.9 Å². The van der Waals surface area contributed by atoms with Crippen LogP contribution in [0.15, 0.2) is 77.7 Å². The van der Waals surface area contributed by atoms with Crippen LogP contribution in [0.4, 0.5) is 0 Å². The number of aromatic nitrogens is 4. The van der Waals surface area contributed by atoms with Gasteiger partial charge in [0.1, 0.15) is 11.6 Å². The molecule has 0 unspecified atom stereocenters. The maximum atomic E-state index is 11.8. The largest absolute Gasteiger partial charge is 0.477 e. The van der Waals surface area contributed by atoms with Crippen molar-refractivity contribution in [2.24, 2.45) is 0 Å². The van der Waals surface area contributed by atoms with Crippen LogP contribution in [0.25, 0.3) is 95.6 Å². The Balaban J connectivity index is 1.47. The molecule has 0 saturated heterocycles. The summed E-state index contributed by atoms with van der Waals surface area (Å²) in [6, 6.07) is 25.3. The molecule has 9 rings (SSSR count). The highest BCUT2D eigenvalue weighted by Gasteiger charge is 2.22. The molecule has 0 aliphatic carbocycles. The molecule has 0 amide bonds. The van der Waals surface area contributed by atoms with Crippen LogP contribution in [-0.2, 0) is 4.79 Å². The van der Waals surface area contributed by atoms with Gasteiger partial charge in [-0.3, -0.25) is 0 Å². The number of fused-ring (bicyclic) bond motifs is 8. The lowest BCUT2D eigenvalue weighted by Gasteiger charge is -2.13. The number of H-pyrrole nitrogens is 2. The number of carbonyl (C=O) groups is 1. The first kappa shape index (κ1) is 38.6. The van der Waals surface area contributed by atoms with Gasteiger partial charge in [-0.1, -0.05) is 35.4 Å². The van der Waals surface area contributed by atoms with Crippen LogP contribution in [0.5, 0.6) is 0 Å². The molecule has 60 heavy (non-hydrogen) atoms. The first-order valence-corrected chi connectivity index (χ1v) is 21.4. The van der Waals surface area contributed by atoms with Gasteiger partial charge in [0.15, 0.2) is 0 Å². The van der Waals surface area contributed by atoms with Crippen LogP contribution in [0.3, 0.4) is 0 Å². The maximum absolute atomic E-state index is 11.8. The van der Waals surface area contributed by atoms with Gasteiger partial charge in [0.2, 0.25) is 0 Å². The fraction of sp³-hybridized carbons (Fsp3) is 0.137. The second kappa shape index (κ2) is 15.1. The first-order chi connectivity index (χ1) is 28.9. The number of aliphatic carboxylic acids is 1. The van der Waals surface area contributed by atoms with E-state index in [0.29, 0.717) is 4.88 Å². The van der Waals surface area contributed by atoms with Crippen LogP contribution in [0, 0.1) is 59.8 Å². The molecule has 294 valence electrons. The third-order valence-electron chi connectivity index (χ3n) is 11.1. The van der Waals surface area contributed by atoms with E-state index >= 15 is 0 Å². The lowest BCUT2D eigenvalue weighted by molar-refractivity contribution is -0.132. The molecular formula is C51H41N5O2S2. The monoisotopic (exact) mass is 819 g/mol. The second-order valence-corrected chi connectivity index (χ2v) is 17.7. The molecule has 0 atom stereocenters. The van der Waals surface area contributed by atoms with Gasteiger partial charge in [0.05, 0.1) is 22.8 Å². The van der Waals surface area contributed by atoms with Gasteiger partial charge in [0, 0.05) is 59.0 Å². The number of aromatic amines is 2. The summed E-state index contributed by atoms with van der Waals surface area (Å²) in [6.45, 7) is 15.0. The Morgan fingerprint density at radius 3 is 1.43 bits per heavy atom. The van der Waals surface area contributed by atoms with Gasteiger partial charge in [-0.05, 0) is 166 Å².